The molecule has 0 spiro atoms. The summed E-state index contributed by atoms with van der Waals surface area (Å²) in [5.74, 6) is 0.555. The molecule has 1 aromatic carbocycles. The van der Waals surface area contributed by atoms with Crippen molar-refractivity contribution in [1.29, 1.82) is 0 Å². The molecule has 0 saturated carbocycles. The van der Waals surface area contributed by atoms with Gasteiger partial charge >= 0.3 is 6.09 Å². The number of likely N-dealkylation sites (tertiary alicyclic amines) is 1. The molecule has 0 radical (unpaired) electrons. The summed E-state index contributed by atoms with van der Waals surface area (Å²) in [6.07, 6.45) is 0.815. The smallest absolute Gasteiger partial charge is 0.410 e. The molecule has 1 amide bonds. The number of benzene rings is 1. The fourth-order valence-corrected chi connectivity index (χ4v) is 3.33. The lowest BCUT2D eigenvalue weighted by Crippen LogP contribution is -2.53. The summed E-state index contributed by atoms with van der Waals surface area (Å²) < 4.78 is 5.55. The Balaban J connectivity index is 2.06. The van der Waals surface area contributed by atoms with Gasteiger partial charge < -0.3 is 9.64 Å². The van der Waals surface area contributed by atoms with Gasteiger partial charge in [-0.05, 0) is 52.6 Å². The topological polar surface area (TPSA) is 32.8 Å². The van der Waals surface area contributed by atoms with Gasteiger partial charge in [0.15, 0.2) is 0 Å². The van der Waals surface area contributed by atoms with Gasteiger partial charge in [0.1, 0.15) is 5.60 Å². The maximum absolute atomic E-state index is 12.4. The van der Waals surface area contributed by atoms with Gasteiger partial charge in [-0.3, -0.25) is 4.90 Å². The Morgan fingerprint density at radius 1 is 1.29 bits per heavy atom. The summed E-state index contributed by atoms with van der Waals surface area (Å²) in [7, 11) is 2.16. The number of hydrogen-bond donors (Lipinski definition) is 0. The summed E-state index contributed by atoms with van der Waals surface area (Å²) in [6.45, 7) is 11.8. The number of rotatable bonds is 3. The number of piperidine rings is 1. The van der Waals surface area contributed by atoms with Gasteiger partial charge in [-0.2, -0.15) is 0 Å². The first kappa shape index (κ1) is 18.8. The molecule has 0 aromatic heterocycles. The average molecular weight is 332 g/mol. The number of carbonyl (C=O) groups is 1. The number of likely N-dealkylation sites (N-methyl/N-ethyl adjacent to an activating group) is 1. The van der Waals surface area contributed by atoms with Crippen molar-refractivity contribution >= 4 is 6.09 Å². The Morgan fingerprint density at radius 3 is 2.50 bits per heavy atom. The van der Waals surface area contributed by atoms with E-state index in [4.69, 9.17) is 4.74 Å². The first-order valence-electron chi connectivity index (χ1n) is 8.94. The zero-order valence-corrected chi connectivity index (χ0v) is 16.0. The van der Waals surface area contributed by atoms with E-state index in [1.165, 1.54) is 5.56 Å². The molecule has 1 aliphatic rings. The standard InChI is InChI=1S/C20H32N2O2/c1-15-12-13-22(19(23)24-20(3,4)5)14-18(15)21(6)16(2)17-10-8-7-9-11-17/h7-11,15-16,18H,12-14H2,1-6H3/t15-,16+,18-/m1/s1. The first-order valence-corrected chi connectivity index (χ1v) is 8.94. The first-order chi connectivity index (χ1) is 11.2. The molecule has 1 aromatic rings. The molecule has 3 atom stereocenters. The third-order valence-corrected chi connectivity index (χ3v) is 4.99. The van der Waals surface area contributed by atoms with Crippen molar-refractivity contribution in [2.24, 2.45) is 5.92 Å². The van der Waals surface area contributed by atoms with E-state index in [1.807, 2.05) is 31.7 Å². The second-order valence-electron chi connectivity index (χ2n) is 8.01. The predicted molar refractivity (Wildman–Crippen MR) is 98.0 cm³/mol. The van der Waals surface area contributed by atoms with Gasteiger partial charge in [-0.15, -0.1) is 0 Å². The normalized spacial score (nSPS) is 23.2. The molecule has 4 heteroatoms. The number of nitrogens with zero attached hydrogens (tertiary/aromatic N) is 2. The average Bonchev–Trinajstić information content (AvgIpc) is 2.53. The van der Waals surface area contributed by atoms with E-state index < -0.39 is 5.60 Å². The maximum Gasteiger partial charge on any atom is 0.410 e. The van der Waals surface area contributed by atoms with Crippen molar-refractivity contribution in [3.63, 3.8) is 0 Å². The molecule has 0 N–H and O–H groups in total. The number of carbonyl (C=O) groups excluding carboxylic acids is 1. The molecule has 1 heterocycles. The molecule has 4 nitrogen and oxygen atoms in total. The van der Waals surface area contributed by atoms with Crippen molar-refractivity contribution in [3.05, 3.63) is 35.9 Å². The molecular formula is C20H32N2O2. The van der Waals surface area contributed by atoms with Crippen molar-refractivity contribution < 1.29 is 9.53 Å². The van der Waals surface area contributed by atoms with Gasteiger partial charge in [-0.1, -0.05) is 37.3 Å². The van der Waals surface area contributed by atoms with Crippen LogP contribution in [-0.2, 0) is 4.74 Å². The van der Waals surface area contributed by atoms with Gasteiger partial charge in [-0.25, -0.2) is 4.79 Å². The molecule has 1 fully saturated rings. The van der Waals surface area contributed by atoms with E-state index in [-0.39, 0.29) is 6.09 Å². The van der Waals surface area contributed by atoms with Gasteiger partial charge in [0, 0.05) is 25.2 Å². The van der Waals surface area contributed by atoms with Crippen LogP contribution in [0.15, 0.2) is 30.3 Å². The highest BCUT2D eigenvalue weighted by atomic mass is 16.6. The maximum atomic E-state index is 12.4. The molecule has 1 saturated heterocycles. The van der Waals surface area contributed by atoms with E-state index >= 15 is 0 Å². The highest BCUT2D eigenvalue weighted by molar-refractivity contribution is 5.68. The van der Waals surface area contributed by atoms with E-state index in [1.54, 1.807) is 0 Å². The minimum atomic E-state index is -0.446. The van der Waals surface area contributed by atoms with Crippen LogP contribution < -0.4 is 0 Å². The lowest BCUT2D eigenvalue weighted by atomic mass is 9.91. The second kappa shape index (κ2) is 7.56. The van der Waals surface area contributed by atoms with Crippen LogP contribution in [0.4, 0.5) is 4.79 Å². The molecular weight excluding hydrogens is 300 g/mol. The monoisotopic (exact) mass is 332 g/mol. The van der Waals surface area contributed by atoms with Crippen LogP contribution in [0.5, 0.6) is 0 Å². The van der Waals surface area contributed by atoms with Crippen LogP contribution in [0.1, 0.15) is 52.6 Å². The largest absolute Gasteiger partial charge is 0.444 e. The highest BCUT2D eigenvalue weighted by Gasteiger charge is 2.35. The van der Waals surface area contributed by atoms with E-state index in [2.05, 4.69) is 50.1 Å². The summed E-state index contributed by atoms with van der Waals surface area (Å²) in [4.78, 5) is 16.7. The predicted octanol–water partition coefficient (Wildman–Crippen LogP) is 4.32. The van der Waals surface area contributed by atoms with Crippen LogP contribution in [0, 0.1) is 5.92 Å². The van der Waals surface area contributed by atoms with E-state index in [0.29, 0.717) is 18.0 Å². The van der Waals surface area contributed by atoms with Crippen molar-refractivity contribution in [3.8, 4) is 0 Å². The summed E-state index contributed by atoms with van der Waals surface area (Å²) in [5.41, 5.74) is 0.861. The van der Waals surface area contributed by atoms with Crippen molar-refractivity contribution in [2.75, 3.05) is 20.1 Å². The van der Waals surface area contributed by atoms with Crippen LogP contribution in [0.25, 0.3) is 0 Å². The zero-order valence-electron chi connectivity index (χ0n) is 16.0. The molecule has 0 bridgehead atoms. The van der Waals surface area contributed by atoms with Crippen LogP contribution in [0.3, 0.4) is 0 Å². The highest BCUT2D eigenvalue weighted by Crippen LogP contribution is 2.29. The Morgan fingerprint density at radius 2 is 1.92 bits per heavy atom. The Kier molecular flexibility index (Phi) is 5.92. The van der Waals surface area contributed by atoms with Crippen LogP contribution in [0.2, 0.25) is 0 Å². The summed E-state index contributed by atoms with van der Waals surface area (Å²) in [5, 5.41) is 0. The fourth-order valence-electron chi connectivity index (χ4n) is 3.33. The quantitative estimate of drug-likeness (QED) is 0.826. The van der Waals surface area contributed by atoms with Gasteiger partial charge in [0.05, 0.1) is 0 Å². The molecule has 1 aliphatic heterocycles. The molecule has 24 heavy (non-hydrogen) atoms. The van der Waals surface area contributed by atoms with Crippen LogP contribution in [-0.4, -0.2) is 47.7 Å². The molecule has 0 aliphatic carbocycles. The Hall–Kier alpha value is -1.55. The lowest BCUT2D eigenvalue weighted by Gasteiger charge is -2.44. The lowest BCUT2D eigenvalue weighted by molar-refractivity contribution is 0.000389. The minimum Gasteiger partial charge on any atom is -0.444 e. The van der Waals surface area contributed by atoms with E-state index in [9.17, 15) is 4.79 Å². The molecule has 0 unspecified atom stereocenters. The SMILES string of the molecule is C[C@@H]1CCN(C(=O)OC(C)(C)C)C[C@H]1N(C)[C@@H](C)c1ccccc1. The molecule has 134 valence electrons. The number of amides is 1. The Bertz CT molecular complexity index is 538. The second-order valence-corrected chi connectivity index (χ2v) is 8.01. The zero-order chi connectivity index (χ0) is 17.9. The van der Waals surface area contributed by atoms with Crippen LogP contribution >= 0.6 is 0 Å². The minimum absolute atomic E-state index is 0.194. The number of ether oxygens (including phenoxy) is 1. The Labute approximate surface area is 146 Å². The molecule has 2 rings (SSSR count). The fraction of sp³-hybridized carbons (Fsp3) is 0.650. The summed E-state index contributed by atoms with van der Waals surface area (Å²) in [6, 6.07) is 11.2. The summed E-state index contributed by atoms with van der Waals surface area (Å²) >= 11 is 0. The third kappa shape index (κ3) is 4.73. The van der Waals surface area contributed by atoms with Crippen molar-refractivity contribution in [1.82, 2.24) is 9.80 Å². The third-order valence-electron chi connectivity index (χ3n) is 4.99. The van der Waals surface area contributed by atoms with Gasteiger partial charge in [0.2, 0.25) is 0 Å². The van der Waals surface area contributed by atoms with Crippen molar-refractivity contribution in [2.45, 2.75) is 58.7 Å². The van der Waals surface area contributed by atoms with Gasteiger partial charge in [0.25, 0.3) is 0 Å². The number of hydrogen-bond acceptors (Lipinski definition) is 3. The van der Waals surface area contributed by atoms with E-state index in [0.717, 1.165) is 19.5 Å².